The molecule has 0 saturated carbocycles. The van der Waals surface area contributed by atoms with Gasteiger partial charge in [-0.1, -0.05) is 6.07 Å². The molecule has 0 atom stereocenters. The molecule has 0 radical (unpaired) electrons. The highest BCUT2D eigenvalue weighted by Gasteiger charge is 2.12. The smallest absolute Gasteiger partial charge is 0.195 e. The zero-order valence-corrected chi connectivity index (χ0v) is 9.24. The van der Waals surface area contributed by atoms with Crippen molar-refractivity contribution >= 4 is 16.8 Å². The summed E-state index contributed by atoms with van der Waals surface area (Å²) >= 11 is 0. The first-order valence-electron chi connectivity index (χ1n) is 5.11. The molecule has 78 valence electrons. The molecule has 0 fully saturated rings. The Morgan fingerprint density at radius 3 is 2.80 bits per heavy atom. The van der Waals surface area contributed by atoms with E-state index in [4.69, 9.17) is 0 Å². The van der Waals surface area contributed by atoms with Crippen LogP contribution < -0.4 is 0 Å². The van der Waals surface area contributed by atoms with Crippen molar-refractivity contribution < 1.29 is 4.79 Å². The van der Waals surface area contributed by atoms with Gasteiger partial charge in [0.25, 0.3) is 0 Å². The number of carbonyl (C=O) groups excluding carboxylic acids is 1. The largest absolute Gasteiger partial charge is 0.322 e. The molecule has 3 heteroatoms. The van der Waals surface area contributed by atoms with Crippen LogP contribution in [0.15, 0.2) is 18.2 Å². The molecule has 0 aliphatic rings. The number of nitrogens with zero attached hydrogens (tertiary/aromatic N) is 2. The molecule has 1 heterocycles. The van der Waals surface area contributed by atoms with Crippen LogP contribution in [0.25, 0.3) is 11.0 Å². The number of carbonyl (C=O) groups is 1. The molecule has 0 N–H and O–H groups in total. The van der Waals surface area contributed by atoms with Crippen molar-refractivity contribution in [1.82, 2.24) is 9.55 Å². The van der Waals surface area contributed by atoms with E-state index >= 15 is 0 Å². The van der Waals surface area contributed by atoms with Gasteiger partial charge in [-0.25, -0.2) is 4.98 Å². The highest BCUT2D eigenvalue weighted by molar-refractivity contribution is 5.94. The molecule has 2 aromatic rings. The average molecular weight is 202 g/mol. The Balaban J connectivity index is 2.78. The van der Waals surface area contributed by atoms with Crippen molar-refractivity contribution in [2.45, 2.75) is 27.3 Å². The molecular weight excluding hydrogens is 188 g/mol. The standard InChI is InChI=1S/C12H14N2O/c1-4-14-11-6-5-8(2)7-10(11)13-12(14)9(3)15/h5-7H,4H2,1-3H3. The predicted octanol–water partition coefficient (Wildman–Crippen LogP) is 2.57. The minimum atomic E-state index is 0.0192. The molecule has 2 rings (SSSR count). The summed E-state index contributed by atoms with van der Waals surface area (Å²) in [7, 11) is 0. The molecule has 1 aromatic heterocycles. The van der Waals surface area contributed by atoms with E-state index in [1.165, 1.54) is 5.56 Å². The van der Waals surface area contributed by atoms with Gasteiger partial charge in [-0.15, -0.1) is 0 Å². The lowest BCUT2D eigenvalue weighted by Crippen LogP contribution is -2.05. The predicted molar refractivity (Wildman–Crippen MR) is 60.1 cm³/mol. The SMILES string of the molecule is CCn1c(C(C)=O)nc2cc(C)ccc21. The van der Waals surface area contributed by atoms with Gasteiger partial charge in [0.15, 0.2) is 11.6 Å². The number of Topliss-reactive ketones (excluding diaryl/α,β-unsaturated/α-hetero) is 1. The van der Waals surface area contributed by atoms with Crippen molar-refractivity contribution in [3.63, 3.8) is 0 Å². The third-order valence-corrected chi connectivity index (χ3v) is 2.53. The molecule has 1 aromatic carbocycles. The molecule has 0 aliphatic heterocycles. The van der Waals surface area contributed by atoms with Crippen LogP contribution in [0.3, 0.4) is 0 Å². The summed E-state index contributed by atoms with van der Waals surface area (Å²) < 4.78 is 1.96. The lowest BCUT2D eigenvalue weighted by molar-refractivity contribution is 0.1000. The van der Waals surface area contributed by atoms with E-state index in [1.54, 1.807) is 6.92 Å². The van der Waals surface area contributed by atoms with Crippen LogP contribution in [0.2, 0.25) is 0 Å². The molecule has 3 nitrogen and oxygen atoms in total. The minimum Gasteiger partial charge on any atom is -0.322 e. The Hall–Kier alpha value is -1.64. The van der Waals surface area contributed by atoms with E-state index in [-0.39, 0.29) is 5.78 Å². The van der Waals surface area contributed by atoms with E-state index in [2.05, 4.69) is 4.98 Å². The van der Waals surface area contributed by atoms with Crippen LogP contribution in [-0.4, -0.2) is 15.3 Å². The Labute approximate surface area is 88.7 Å². The van der Waals surface area contributed by atoms with Gasteiger partial charge in [-0.05, 0) is 31.5 Å². The number of ketones is 1. The highest BCUT2D eigenvalue weighted by atomic mass is 16.1. The molecule has 0 saturated heterocycles. The molecular formula is C12H14N2O. The maximum atomic E-state index is 11.4. The first kappa shape index (κ1) is 9.90. The Kier molecular flexibility index (Phi) is 2.31. The van der Waals surface area contributed by atoms with E-state index in [0.717, 1.165) is 17.6 Å². The number of hydrogen-bond acceptors (Lipinski definition) is 2. The normalized spacial score (nSPS) is 10.9. The van der Waals surface area contributed by atoms with Crippen molar-refractivity contribution in [3.8, 4) is 0 Å². The fourth-order valence-corrected chi connectivity index (χ4v) is 1.83. The summed E-state index contributed by atoms with van der Waals surface area (Å²) in [6.07, 6.45) is 0. The van der Waals surface area contributed by atoms with Crippen LogP contribution in [0.4, 0.5) is 0 Å². The van der Waals surface area contributed by atoms with Crippen LogP contribution in [0.1, 0.15) is 30.0 Å². The van der Waals surface area contributed by atoms with Crippen molar-refractivity contribution in [2.75, 3.05) is 0 Å². The number of aryl methyl sites for hydroxylation is 2. The molecule has 0 aliphatic carbocycles. The van der Waals surface area contributed by atoms with Gasteiger partial charge in [0.05, 0.1) is 11.0 Å². The summed E-state index contributed by atoms with van der Waals surface area (Å²) in [5, 5.41) is 0. The zero-order valence-electron chi connectivity index (χ0n) is 9.24. The lowest BCUT2D eigenvalue weighted by Gasteiger charge is -2.02. The fraction of sp³-hybridized carbons (Fsp3) is 0.333. The van der Waals surface area contributed by atoms with Gasteiger partial charge >= 0.3 is 0 Å². The minimum absolute atomic E-state index is 0.0192. The van der Waals surface area contributed by atoms with Gasteiger partial charge in [0.2, 0.25) is 0 Å². The monoisotopic (exact) mass is 202 g/mol. The van der Waals surface area contributed by atoms with Crippen LogP contribution in [-0.2, 0) is 6.54 Å². The summed E-state index contributed by atoms with van der Waals surface area (Å²) in [6.45, 7) is 6.37. The van der Waals surface area contributed by atoms with Gasteiger partial charge in [0.1, 0.15) is 0 Å². The molecule has 0 unspecified atom stereocenters. The fourth-order valence-electron chi connectivity index (χ4n) is 1.83. The van der Waals surface area contributed by atoms with Gasteiger partial charge in [-0.2, -0.15) is 0 Å². The zero-order chi connectivity index (χ0) is 11.0. The quantitative estimate of drug-likeness (QED) is 0.701. The van der Waals surface area contributed by atoms with Gasteiger partial charge in [-0.3, -0.25) is 4.79 Å². The Morgan fingerprint density at radius 1 is 1.47 bits per heavy atom. The maximum Gasteiger partial charge on any atom is 0.195 e. The van der Waals surface area contributed by atoms with Crippen molar-refractivity contribution in [2.24, 2.45) is 0 Å². The highest BCUT2D eigenvalue weighted by Crippen LogP contribution is 2.17. The number of rotatable bonds is 2. The lowest BCUT2D eigenvalue weighted by atomic mass is 10.2. The van der Waals surface area contributed by atoms with E-state index in [9.17, 15) is 4.79 Å². The third kappa shape index (κ3) is 1.54. The number of fused-ring (bicyclic) bond motifs is 1. The number of hydrogen-bond donors (Lipinski definition) is 0. The van der Waals surface area contributed by atoms with E-state index in [1.807, 2.05) is 36.6 Å². The first-order valence-corrected chi connectivity index (χ1v) is 5.11. The summed E-state index contributed by atoms with van der Waals surface area (Å²) in [4.78, 5) is 15.8. The number of aromatic nitrogens is 2. The first-order chi connectivity index (χ1) is 7.13. The summed E-state index contributed by atoms with van der Waals surface area (Å²) in [6, 6.07) is 6.07. The topological polar surface area (TPSA) is 34.9 Å². The molecule has 0 spiro atoms. The molecule has 15 heavy (non-hydrogen) atoms. The third-order valence-electron chi connectivity index (χ3n) is 2.53. The average Bonchev–Trinajstić information content (AvgIpc) is 2.55. The summed E-state index contributed by atoms with van der Waals surface area (Å²) in [5.41, 5.74) is 3.11. The van der Waals surface area contributed by atoms with Crippen molar-refractivity contribution in [1.29, 1.82) is 0 Å². The van der Waals surface area contributed by atoms with E-state index in [0.29, 0.717) is 5.82 Å². The second-order valence-electron chi connectivity index (χ2n) is 3.73. The second kappa shape index (κ2) is 3.50. The summed E-state index contributed by atoms with van der Waals surface area (Å²) in [5.74, 6) is 0.573. The molecule has 0 amide bonds. The van der Waals surface area contributed by atoms with E-state index < -0.39 is 0 Å². The van der Waals surface area contributed by atoms with Crippen LogP contribution in [0, 0.1) is 6.92 Å². The van der Waals surface area contributed by atoms with Gasteiger partial charge in [0, 0.05) is 13.5 Å². The second-order valence-corrected chi connectivity index (χ2v) is 3.73. The maximum absolute atomic E-state index is 11.4. The Morgan fingerprint density at radius 2 is 2.20 bits per heavy atom. The van der Waals surface area contributed by atoms with Gasteiger partial charge < -0.3 is 4.57 Å². The van der Waals surface area contributed by atoms with Crippen LogP contribution >= 0.6 is 0 Å². The Bertz CT molecular complexity index is 526. The van der Waals surface area contributed by atoms with Crippen molar-refractivity contribution in [3.05, 3.63) is 29.6 Å². The molecule has 0 bridgehead atoms. The number of benzene rings is 1. The van der Waals surface area contributed by atoms with Crippen LogP contribution in [0.5, 0.6) is 0 Å². The number of imidazole rings is 1.